The number of thiophene rings is 2. The zero-order valence-corrected chi connectivity index (χ0v) is 15.5. The molecule has 3 heterocycles. The van der Waals surface area contributed by atoms with Crippen LogP contribution in [-0.2, 0) is 6.18 Å². The molecule has 0 aliphatic rings. The number of halogens is 4. The molecule has 4 rings (SSSR count). The van der Waals surface area contributed by atoms with E-state index in [0.29, 0.717) is 14.4 Å². The van der Waals surface area contributed by atoms with Crippen molar-refractivity contribution in [1.29, 1.82) is 0 Å². The van der Waals surface area contributed by atoms with Crippen LogP contribution in [0.5, 0.6) is 0 Å². The standard InChI is InChI=1S/C15H7BrF3NS3/c1-6-10(16)13-11(21-6)9(15(17,18)19)12(23-13)14-20-7-4-2-3-5-8(7)22-14/h2-5H,1H3. The number of nitrogens with zero attached hydrogens (tertiary/aromatic N) is 1. The van der Waals surface area contributed by atoms with E-state index in [4.69, 9.17) is 0 Å². The van der Waals surface area contributed by atoms with Gasteiger partial charge in [0.1, 0.15) is 5.01 Å². The van der Waals surface area contributed by atoms with E-state index >= 15 is 0 Å². The Balaban J connectivity index is 2.06. The van der Waals surface area contributed by atoms with Crippen LogP contribution in [0.2, 0.25) is 0 Å². The lowest BCUT2D eigenvalue weighted by Crippen LogP contribution is -2.04. The molecule has 0 aliphatic heterocycles. The smallest absolute Gasteiger partial charge is 0.235 e. The van der Waals surface area contributed by atoms with E-state index in [1.807, 2.05) is 31.2 Å². The lowest BCUT2D eigenvalue weighted by Gasteiger charge is -2.06. The van der Waals surface area contributed by atoms with Crippen LogP contribution in [0.15, 0.2) is 28.7 Å². The first-order chi connectivity index (χ1) is 10.9. The van der Waals surface area contributed by atoms with Crippen LogP contribution in [-0.4, -0.2) is 4.98 Å². The van der Waals surface area contributed by atoms with E-state index in [9.17, 15) is 13.2 Å². The largest absolute Gasteiger partial charge is 0.419 e. The fourth-order valence-corrected chi connectivity index (χ4v) is 6.86. The second kappa shape index (κ2) is 5.27. The molecular weight excluding hydrogens is 427 g/mol. The minimum absolute atomic E-state index is 0.209. The molecule has 0 amide bonds. The van der Waals surface area contributed by atoms with E-state index < -0.39 is 11.7 Å². The van der Waals surface area contributed by atoms with Crippen LogP contribution in [0.25, 0.3) is 29.5 Å². The van der Waals surface area contributed by atoms with Gasteiger partial charge in [-0.2, -0.15) is 13.2 Å². The zero-order chi connectivity index (χ0) is 16.4. The molecule has 0 aliphatic carbocycles. The first-order valence-corrected chi connectivity index (χ1v) is 9.75. The minimum Gasteiger partial charge on any atom is -0.235 e. The number of rotatable bonds is 1. The normalized spacial score (nSPS) is 12.6. The number of hydrogen-bond donors (Lipinski definition) is 0. The van der Waals surface area contributed by atoms with Gasteiger partial charge in [-0.3, -0.25) is 0 Å². The summed E-state index contributed by atoms with van der Waals surface area (Å²) in [6.45, 7) is 1.82. The highest BCUT2D eigenvalue weighted by atomic mass is 79.9. The van der Waals surface area contributed by atoms with Gasteiger partial charge in [-0.25, -0.2) is 4.98 Å². The number of fused-ring (bicyclic) bond motifs is 2. The van der Waals surface area contributed by atoms with Gasteiger partial charge in [0.25, 0.3) is 0 Å². The van der Waals surface area contributed by atoms with Crippen LogP contribution < -0.4 is 0 Å². The Morgan fingerprint density at radius 3 is 2.48 bits per heavy atom. The Morgan fingerprint density at radius 1 is 1.04 bits per heavy atom. The molecule has 8 heteroatoms. The molecule has 1 aromatic carbocycles. The maximum Gasteiger partial charge on any atom is 0.419 e. The molecule has 0 N–H and O–H groups in total. The van der Waals surface area contributed by atoms with Crippen molar-refractivity contribution >= 4 is 69.6 Å². The van der Waals surface area contributed by atoms with Crippen LogP contribution in [0.4, 0.5) is 13.2 Å². The molecule has 23 heavy (non-hydrogen) atoms. The van der Waals surface area contributed by atoms with Gasteiger partial charge in [-0.15, -0.1) is 34.0 Å². The molecule has 1 nitrogen and oxygen atoms in total. The Kier molecular flexibility index (Phi) is 3.57. The van der Waals surface area contributed by atoms with Gasteiger partial charge in [0.15, 0.2) is 0 Å². The molecule has 0 radical (unpaired) electrons. The number of thiazole rings is 1. The summed E-state index contributed by atoms with van der Waals surface area (Å²) in [7, 11) is 0. The summed E-state index contributed by atoms with van der Waals surface area (Å²) in [5, 5.41) is 0.427. The summed E-state index contributed by atoms with van der Waals surface area (Å²) in [5.74, 6) is 0. The highest BCUT2D eigenvalue weighted by Crippen LogP contribution is 2.53. The maximum absolute atomic E-state index is 13.7. The lowest BCUT2D eigenvalue weighted by molar-refractivity contribution is -0.135. The van der Waals surface area contributed by atoms with Gasteiger partial charge in [0.05, 0.1) is 30.1 Å². The van der Waals surface area contributed by atoms with Gasteiger partial charge < -0.3 is 0 Å². The van der Waals surface area contributed by atoms with Gasteiger partial charge in [0, 0.05) is 9.35 Å². The molecule has 0 spiro atoms. The van der Waals surface area contributed by atoms with E-state index in [2.05, 4.69) is 20.9 Å². The molecular formula is C15H7BrF3NS3. The van der Waals surface area contributed by atoms with Crippen LogP contribution in [0.3, 0.4) is 0 Å². The predicted octanol–water partition coefficient (Wildman–Crippen LogP) is 7.33. The molecule has 0 saturated carbocycles. The van der Waals surface area contributed by atoms with Crippen molar-refractivity contribution in [3.05, 3.63) is 39.2 Å². The van der Waals surface area contributed by atoms with Crippen molar-refractivity contribution < 1.29 is 13.2 Å². The van der Waals surface area contributed by atoms with Gasteiger partial charge in [-0.1, -0.05) is 12.1 Å². The zero-order valence-electron chi connectivity index (χ0n) is 11.5. The first kappa shape index (κ1) is 15.6. The third-order valence-corrected chi connectivity index (χ3v) is 8.56. The molecule has 4 aromatic rings. The highest BCUT2D eigenvalue weighted by molar-refractivity contribution is 9.10. The Bertz CT molecular complexity index is 1010. The Labute approximate surface area is 149 Å². The summed E-state index contributed by atoms with van der Waals surface area (Å²) in [6.07, 6.45) is -4.40. The highest BCUT2D eigenvalue weighted by Gasteiger charge is 2.39. The quantitative estimate of drug-likeness (QED) is 0.306. The number of alkyl halides is 3. The fraction of sp³-hybridized carbons (Fsp3) is 0.133. The van der Waals surface area contributed by atoms with Crippen LogP contribution in [0.1, 0.15) is 10.4 Å². The summed E-state index contributed by atoms with van der Waals surface area (Å²) in [4.78, 5) is 5.47. The third kappa shape index (κ3) is 2.43. The fourth-order valence-electron chi connectivity index (χ4n) is 2.39. The summed E-state index contributed by atoms with van der Waals surface area (Å²) < 4.78 is 43.6. The molecule has 0 fully saturated rings. The topological polar surface area (TPSA) is 12.9 Å². The molecule has 0 unspecified atom stereocenters. The average Bonchev–Trinajstić information content (AvgIpc) is 3.12. The monoisotopic (exact) mass is 433 g/mol. The number of hydrogen-bond acceptors (Lipinski definition) is 4. The van der Waals surface area contributed by atoms with Crippen molar-refractivity contribution in [2.75, 3.05) is 0 Å². The van der Waals surface area contributed by atoms with Crippen LogP contribution in [0, 0.1) is 6.92 Å². The van der Waals surface area contributed by atoms with E-state index in [1.165, 1.54) is 22.7 Å². The maximum atomic E-state index is 13.7. The van der Waals surface area contributed by atoms with Crippen molar-refractivity contribution in [2.24, 2.45) is 0 Å². The number of aromatic nitrogens is 1. The average molecular weight is 434 g/mol. The van der Waals surface area contributed by atoms with E-state index in [-0.39, 0.29) is 4.88 Å². The SMILES string of the molecule is Cc1sc2c(C(F)(F)F)c(-c3nc4ccccc4s3)sc2c1Br. The summed E-state index contributed by atoms with van der Waals surface area (Å²) in [5.41, 5.74) is 0.169. The van der Waals surface area contributed by atoms with E-state index in [0.717, 1.165) is 30.9 Å². The second-order valence-corrected chi connectivity index (χ2v) is 8.99. The first-order valence-electron chi connectivity index (χ1n) is 6.51. The van der Waals surface area contributed by atoms with Gasteiger partial charge >= 0.3 is 6.18 Å². The minimum atomic E-state index is -4.40. The van der Waals surface area contributed by atoms with Crippen molar-refractivity contribution in [1.82, 2.24) is 4.98 Å². The van der Waals surface area contributed by atoms with Gasteiger partial charge in [-0.05, 0) is 35.0 Å². The Morgan fingerprint density at radius 2 is 1.78 bits per heavy atom. The van der Waals surface area contributed by atoms with Crippen LogP contribution >= 0.6 is 49.9 Å². The molecule has 0 bridgehead atoms. The molecule has 3 aromatic heterocycles. The summed E-state index contributed by atoms with van der Waals surface area (Å²) >= 11 is 7.04. The number of para-hydroxylation sites is 1. The predicted molar refractivity (Wildman–Crippen MR) is 95.8 cm³/mol. The lowest BCUT2D eigenvalue weighted by atomic mass is 10.2. The molecule has 0 atom stereocenters. The van der Waals surface area contributed by atoms with Crippen molar-refractivity contribution in [3.8, 4) is 9.88 Å². The second-order valence-electron chi connectivity index (χ2n) is 4.92. The molecule has 0 saturated heterocycles. The number of aryl methyl sites for hydroxylation is 1. The molecule has 118 valence electrons. The van der Waals surface area contributed by atoms with Gasteiger partial charge in [0.2, 0.25) is 0 Å². The Hall–Kier alpha value is -0.960. The number of benzene rings is 1. The van der Waals surface area contributed by atoms with Crippen molar-refractivity contribution in [3.63, 3.8) is 0 Å². The van der Waals surface area contributed by atoms with Crippen molar-refractivity contribution in [2.45, 2.75) is 13.1 Å². The summed E-state index contributed by atoms with van der Waals surface area (Å²) in [6, 6.07) is 7.39. The van der Waals surface area contributed by atoms with E-state index in [1.54, 1.807) is 0 Å². The third-order valence-electron chi connectivity index (χ3n) is 3.40.